The van der Waals surface area contributed by atoms with Crippen molar-refractivity contribution in [2.75, 3.05) is 18.4 Å². The zero-order chi connectivity index (χ0) is 20.1. The maximum absolute atomic E-state index is 12.8. The van der Waals surface area contributed by atoms with Crippen LogP contribution in [0.1, 0.15) is 52.0 Å². The van der Waals surface area contributed by atoms with Gasteiger partial charge in [-0.25, -0.2) is 0 Å². The quantitative estimate of drug-likeness (QED) is 0.804. The van der Waals surface area contributed by atoms with E-state index in [-0.39, 0.29) is 17.2 Å². The Morgan fingerprint density at radius 2 is 1.46 bits per heavy atom. The highest BCUT2D eigenvalue weighted by molar-refractivity contribution is 6.05. The Hall–Kier alpha value is -2.83. The van der Waals surface area contributed by atoms with Crippen LogP contribution in [0.4, 0.5) is 18.9 Å². The Morgan fingerprint density at radius 3 is 2.07 bits per heavy atom. The number of amides is 2. The van der Waals surface area contributed by atoms with Gasteiger partial charge in [-0.2, -0.15) is 13.2 Å². The molecule has 2 aromatic carbocycles. The van der Waals surface area contributed by atoms with Crippen LogP contribution in [0, 0.1) is 0 Å². The number of rotatable bonds is 3. The molecule has 0 aromatic heterocycles. The molecule has 2 aromatic rings. The van der Waals surface area contributed by atoms with E-state index < -0.39 is 17.6 Å². The Morgan fingerprint density at radius 1 is 0.857 bits per heavy atom. The average molecular weight is 390 g/mol. The normalized spacial score (nSPS) is 15.0. The van der Waals surface area contributed by atoms with Crippen molar-refractivity contribution in [1.29, 1.82) is 0 Å². The molecule has 3 rings (SSSR count). The molecular formula is C21H21F3N2O2. The number of anilines is 1. The molecule has 0 unspecified atom stereocenters. The summed E-state index contributed by atoms with van der Waals surface area (Å²) >= 11 is 0. The summed E-state index contributed by atoms with van der Waals surface area (Å²) in [5.41, 5.74) is -0.00409. The molecule has 0 aliphatic carbocycles. The number of nitrogens with one attached hydrogen (secondary N) is 1. The van der Waals surface area contributed by atoms with Crippen molar-refractivity contribution in [3.63, 3.8) is 0 Å². The van der Waals surface area contributed by atoms with Crippen LogP contribution < -0.4 is 5.32 Å². The minimum atomic E-state index is -4.48. The zero-order valence-electron chi connectivity index (χ0n) is 15.3. The summed E-state index contributed by atoms with van der Waals surface area (Å²) in [6, 6.07) is 10.6. The van der Waals surface area contributed by atoms with Gasteiger partial charge in [-0.3, -0.25) is 9.59 Å². The van der Waals surface area contributed by atoms with Crippen molar-refractivity contribution in [3.8, 4) is 0 Å². The van der Waals surface area contributed by atoms with Crippen LogP contribution in [-0.4, -0.2) is 29.8 Å². The van der Waals surface area contributed by atoms with Crippen LogP contribution in [0.25, 0.3) is 0 Å². The Labute approximate surface area is 161 Å². The van der Waals surface area contributed by atoms with Gasteiger partial charge >= 0.3 is 6.18 Å². The van der Waals surface area contributed by atoms with E-state index in [4.69, 9.17) is 0 Å². The predicted molar refractivity (Wildman–Crippen MR) is 100 cm³/mol. The smallest absolute Gasteiger partial charge is 0.339 e. The van der Waals surface area contributed by atoms with E-state index in [0.29, 0.717) is 5.56 Å². The fourth-order valence-electron chi connectivity index (χ4n) is 3.20. The van der Waals surface area contributed by atoms with Gasteiger partial charge in [0.1, 0.15) is 0 Å². The third-order valence-corrected chi connectivity index (χ3v) is 4.74. The summed E-state index contributed by atoms with van der Waals surface area (Å²) in [6.45, 7) is 1.47. The summed E-state index contributed by atoms with van der Waals surface area (Å²) in [5.74, 6) is -0.597. The van der Waals surface area contributed by atoms with Crippen molar-refractivity contribution < 1.29 is 22.8 Å². The molecule has 1 N–H and O–H groups in total. The van der Waals surface area contributed by atoms with E-state index in [1.54, 1.807) is 12.1 Å². The van der Waals surface area contributed by atoms with E-state index in [2.05, 4.69) is 5.32 Å². The number of hydrogen-bond donors (Lipinski definition) is 1. The first-order chi connectivity index (χ1) is 13.3. The average Bonchev–Trinajstić information content (AvgIpc) is 2.96. The lowest BCUT2D eigenvalue weighted by Gasteiger charge is -2.20. The molecular weight excluding hydrogens is 369 g/mol. The van der Waals surface area contributed by atoms with Crippen molar-refractivity contribution in [3.05, 3.63) is 65.2 Å². The van der Waals surface area contributed by atoms with Gasteiger partial charge in [-0.15, -0.1) is 0 Å². The zero-order valence-corrected chi connectivity index (χ0v) is 15.3. The third-order valence-electron chi connectivity index (χ3n) is 4.74. The van der Waals surface area contributed by atoms with Gasteiger partial charge in [0.05, 0.1) is 5.56 Å². The largest absolute Gasteiger partial charge is 0.416 e. The van der Waals surface area contributed by atoms with Crippen LogP contribution in [0.3, 0.4) is 0 Å². The lowest BCUT2D eigenvalue weighted by atomic mass is 10.1. The van der Waals surface area contributed by atoms with E-state index >= 15 is 0 Å². The molecule has 1 aliphatic heterocycles. The van der Waals surface area contributed by atoms with E-state index in [9.17, 15) is 22.8 Å². The van der Waals surface area contributed by atoms with E-state index in [1.807, 2.05) is 4.90 Å². The van der Waals surface area contributed by atoms with E-state index in [1.165, 1.54) is 24.3 Å². The number of nitrogens with zero attached hydrogens (tertiary/aromatic N) is 1. The van der Waals surface area contributed by atoms with E-state index in [0.717, 1.165) is 50.9 Å². The van der Waals surface area contributed by atoms with Crippen LogP contribution in [0.5, 0.6) is 0 Å². The Kier molecular flexibility index (Phi) is 6.02. The Bertz CT molecular complexity index is 839. The number of halogens is 3. The molecule has 148 valence electrons. The molecule has 28 heavy (non-hydrogen) atoms. The highest BCUT2D eigenvalue weighted by Gasteiger charge is 2.30. The highest BCUT2D eigenvalue weighted by atomic mass is 19.4. The monoisotopic (exact) mass is 390 g/mol. The first-order valence-electron chi connectivity index (χ1n) is 9.22. The number of hydrogen-bond acceptors (Lipinski definition) is 2. The topological polar surface area (TPSA) is 49.4 Å². The van der Waals surface area contributed by atoms with Gasteiger partial charge in [0, 0.05) is 29.9 Å². The van der Waals surface area contributed by atoms with Crippen molar-refractivity contribution >= 4 is 17.5 Å². The second kappa shape index (κ2) is 8.46. The van der Waals surface area contributed by atoms with Gasteiger partial charge in [0.15, 0.2) is 0 Å². The molecule has 0 spiro atoms. The third kappa shape index (κ3) is 4.91. The summed E-state index contributed by atoms with van der Waals surface area (Å²) in [5, 5.41) is 2.46. The number of alkyl halides is 3. The minimum absolute atomic E-state index is 0.0598. The molecule has 0 saturated carbocycles. The second-order valence-electron chi connectivity index (χ2n) is 6.82. The first kappa shape index (κ1) is 19.9. The molecule has 0 bridgehead atoms. The van der Waals surface area contributed by atoms with Crippen LogP contribution in [0.2, 0.25) is 0 Å². The molecule has 2 amide bonds. The standard InChI is InChI=1S/C21H21F3N2O2/c22-21(23,24)17-6-5-7-18(14-17)25-19(27)15-8-10-16(11-9-15)20(28)26-12-3-1-2-4-13-26/h5-11,14H,1-4,12-13H2,(H,25,27). The van der Waals surface area contributed by atoms with Crippen LogP contribution in [0.15, 0.2) is 48.5 Å². The summed E-state index contributed by atoms with van der Waals surface area (Å²) in [6.07, 6.45) is -0.251. The fourth-order valence-corrected chi connectivity index (χ4v) is 3.20. The minimum Gasteiger partial charge on any atom is -0.339 e. The molecule has 0 atom stereocenters. The predicted octanol–water partition coefficient (Wildman–Crippen LogP) is 4.97. The number of carbonyl (C=O) groups is 2. The fraction of sp³-hybridized carbons (Fsp3) is 0.333. The number of likely N-dealkylation sites (tertiary alicyclic amines) is 1. The number of benzene rings is 2. The summed E-state index contributed by atoms with van der Waals surface area (Å²) in [7, 11) is 0. The molecule has 1 aliphatic rings. The van der Waals surface area contributed by atoms with Crippen LogP contribution in [-0.2, 0) is 6.18 Å². The van der Waals surface area contributed by atoms with Gasteiger partial charge in [-0.05, 0) is 55.3 Å². The first-order valence-corrected chi connectivity index (χ1v) is 9.22. The Balaban J connectivity index is 1.67. The maximum atomic E-state index is 12.8. The molecule has 1 saturated heterocycles. The highest BCUT2D eigenvalue weighted by Crippen LogP contribution is 2.30. The summed E-state index contributed by atoms with van der Waals surface area (Å²) < 4.78 is 38.3. The lowest BCUT2D eigenvalue weighted by molar-refractivity contribution is -0.137. The van der Waals surface area contributed by atoms with Crippen molar-refractivity contribution in [2.45, 2.75) is 31.9 Å². The molecule has 1 fully saturated rings. The molecule has 7 heteroatoms. The lowest BCUT2D eigenvalue weighted by Crippen LogP contribution is -2.31. The van der Waals surface area contributed by atoms with Crippen molar-refractivity contribution in [2.24, 2.45) is 0 Å². The molecule has 1 heterocycles. The second-order valence-corrected chi connectivity index (χ2v) is 6.82. The van der Waals surface area contributed by atoms with Crippen molar-refractivity contribution in [1.82, 2.24) is 4.90 Å². The SMILES string of the molecule is O=C(Nc1cccc(C(F)(F)F)c1)c1ccc(C(=O)N2CCCCCC2)cc1. The molecule has 0 radical (unpaired) electrons. The van der Waals surface area contributed by atoms with Gasteiger partial charge in [0.25, 0.3) is 11.8 Å². The van der Waals surface area contributed by atoms with Gasteiger partial charge in [-0.1, -0.05) is 18.9 Å². The molecule has 4 nitrogen and oxygen atoms in total. The van der Waals surface area contributed by atoms with Gasteiger partial charge < -0.3 is 10.2 Å². The van der Waals surface area contributed by atoms with Gasteiger partial charge in [0.2, 0.25) is 0 Å². The van der Waals surface area contributed by atoms with Crippen LogP contribution >= 0.6 is 0 Å². The summed E-state index contributed by atoms with van der Waals surface area (Å²) in [4.78, 5) is 26.7. The maximum Gasteiger partial charge on any atom is 0.416 e. The number of carbonyl (C=O) groups excluding carboxylic acids is 2.